The molecule has 0 saturated carbocycles. The van der Waals surface area contributed by atoms with E-state index in [2.05, 4.69) is 4.72 Å². The second kappa shape index (κ2) is 4.37. The van der Waals surface area contributed by atoms with Crippen LogP contribution in [0.25, 0.3) is 10.1 Å². The number of benzene rings is 1. The zero-order valence-corrected chi connectivity index (χ0v) is 12.4. The summed E-state index contributed by atoms with van der Waals surface area (Å²) in [5, 5.41) is 1.49. The lowest BCUT2D eigenvalue weighted by atomic mass is 10.2. The standard InChI is InChI=1S/C13H10ClNO2S2/c1-8-11-7-9(14)5-6-12(11)18-13(8)19(16,17)15-10-3-2-4-10/h2-7,15H,1H3. The van der Waals surface area contributed by atoms with Crippen LogP contribution in [0.15, 0.2) is 46.3 Å². The molecule has 1 aliphatic rings. The average molecular weight is 312 g/mol. The van der Waals surface area contributed by atoms with Crippen molar-refractivity contribution in [2.45, 2.75) is 11.1 Å². The molecule has 1 aromatic carbocycles. The molecule has 1 N–H and O–H groups in total. The summed E-state index contributed by atoms with van der Waals surface area (Å²) in [6.45, 7) is 1.80. The lowest BCUT2D eigenvalue weighted by molar-refractivity contribution is 0.591. The molecule has 1 aromatic heterocycles. The summed E-state index contributed by atoms with van der Waals surface area (Å²) in [6.07, 6.45) is 5.23. The van der Waals surface area contributed by atoms with Crippen molar-refractivity contribution in [1.29, 1.82) is 0 Å². The number of allylic oxidation sites excluding steroid dienone is 3. The summed E-state index contributed by atoms with van der Waals surface area (Å²) < 4.78 is 28.4. The van der Waals surface area contributed by atoms with E-state index in [0.717, 1.165) is 15.6 Å². The molecule has 0 aliphatic heterocycles. The average Bonchev–Trinajstić information content (AvgIpc) is 2.63. The van der Waals surface area contributed by atoms with Gasteiger partial charge in [-0.1, -0.05) is 17.7 Å². The van der Waals surface area contributed by atoms with Crippen LogP contribution >= 0.6 is 22.9 Å². The smallest absolute Gasteiger partial charge is 0.271 e. The summed E-state index contributed by atoms with van der Waals surface area (Å²) in [5.74, 6) is 0. The lowest BCUT2D eigenvalue weighted by Gasteiger charge is -2.10. The first-order valence-corrected chi connectivity index (χ1v) is 8.25. The normalized spacial score (nSPS) is 14.3. The van der Waals surface area contributed by atoms with Crippen LogP contribution in [0.4, 0.5) is 0 Å². The minimum Gasteiger partial charge on any atom is -0.279 e. The van der Waals surface area contributed by atoms with Crippen molar-refractivity contribution in [1.82, 2.24) is 4.72 Å². The van der Waals surface area contributed by atoms with Gasteiger partial charge in [0.05, 0.1) is 0 Å². The van der Waals surface area contributed by atoms with Gasteiger partial charge in [0.25, 0.3) is 10.0 Å². The van der Waals surface area contributed by atoms with Crippen LogP contribution in [0.3, 0.4) is 0 Å². The number of sulfonamides is 1. The van der Waals surface area contributed by atoms with E-state index >= 15 is 0 Å². The highest BCUT2D eigenvalue weighted by Gasteiger charge is 2.22. The number of hydrogen-bond acceptors (Lipinski definition) is 3. The van der Waals surface area contributed by atoms with E-state index < -0.39 is 10.0 Å². The Morgan fingerprint density at radius 1 is 1.32 bits per heavy atom. The van der Waals surface area contributed by atoms with Gasteiger partial charge in [-0.05, 0) is 48.2 Å². The number of nitrogens with one attached hydrogen (secondary N) is 1. The predicted molar refractivity (Wildman–Crippen MR) is 79.1 cm³/mol. The highest BCUT2D eigenvalue weighted by atomic mass is 35.5. The molecule has 0 fully saturated rings. The number of aryl methyl sites for hydroxylation is 1. The Bertz CT molecular complexity index is 832. The first kappa shape index (κ1) is 12.7. The molecule has 98 valence electrons. The van der Waals surface area contributed by atoms with Crippen LogP contribution in [0.5, 0.6) is 0 Å². The van der Waals surface area contributed by atoms with Gasteiger partial charge < -0.3 is 0 Å². The third-order valence-corrected chi connectivity index (χ3v) is 6.41. The fourth-order valence-corrected chi connectivity index (χ4v) is 4.87. The van der Waals surface area contributed by atoms with Crippen molar-refractivity contribution >= 4 is 43.0 Å². The zero-order valence-electron chi connectivity index (χ0n) is 9.98. The molecule has 3 rings (SSSR count). The Labute approximate surface area is 120 Å². The quantitative estimate of drug-likeness (QED) is 0.941. The van der Waals surface area contributed by atoms with E-state index in [1.165, 1.54) is 11.3 Å². The monoisotopic (exact) mass is 311 g/mol. The minimum absolute atomic E-state index is 0.339. The molecular weight excluding hydrogens is 302 g/mol. The Morgan fingerprint density at radius 3 is 2.68 bits per heavy atom. The molecule has 0 atom stereocenters. The zero-order chi connectivity index (χ0) is 13.6. The second-order valence-electron chi connectivity index (χ2n) is 4.24. The summed E-state index contributed by atoms with van der Waals surface area (Å²) in [5.41, 5.74) is 1.34. The lowest BCUT2D eigenvalue weighted by Crippen LogP contribution is -2.23. The predicted octanol–water partition coefficient (Wildman–Crippen LogP) is 3.60. The van der Waals surface area contributed by atoms with Gasteiger partial charge in [0.2, 0.25) is 0 Å². The van der Waals surface area contributed by atoms with Crippen molar-refractivity contribution < 1.29 is 8.42 Å². The van der Waals surface area contributed by atoms with Gasteiger partial charge >= 0.3 is 0 Å². The molecule has 2 aromatic rings. The minimum atomic E-state index is -3.52. The summed E-state index contributed by atoms with van der Waals surface area (Å²) >= 11 is 7.21. The Kier molecular flexibility index (Phi) is 2.92. The Balaban J connectivity index is 2.12. The highest BCUT2D eigenvalue weighted by Crippen LogP contribution is 2.35. The molecule has 3 nitrogen and oxygen atoms in total. The van der Waals surface area contributed by atoms with Gasteiger partial charge in [-0.25, -0.2) is 8.42 Å². The van der Waals surface area contributed by atoms with Gasteiger partial charge in [0.1, 0.15) is 4.21 Å². The molecule has 0 amide bonds. The van der Waals surface area contributed by atoms with Crippen LogP contribution in [0, 0.1) is 6.92 Å². The maximum absolute atomic E-state index is 12.3. The van der Waals surface area contributed by atoms with Gasteiger partial charge in [0.15, 0.2) is 0 Å². The molecule has 0 spiro atoms. The SMILES string of the molecule is Cc1c(S(=O)(=O)NC2=CC=C2)sc2ccc(Cl)cc12. The van der Waals surface area contributed by atoms with E-state index in [1.54, 1.807) is 37.3 Å². The summed E-state index contributed by atoms with van der Waals surface area (Å²) in [4.78, 5) is 0. The number of rotatable bonds is 3. The summed E-state index contributed by atoms with van der Waals surface area (Å²) in [6, 6.07) is 5.40. The summed E-state index contributed by atoms with van der Waals surface area (Å²) in [7, 11) is -3.52. The molecular formula is C13H10ClNO2S2. The molecule has 1 aliphatic carbocycles. The van der Waals surface area contributed by atoms with Gasteiger partial charge in [-0.3, -0.25) is 4.72 Å². The molecule has 19 heavy (non-hydrogen) atoms. The van der Waals surface area contributed by atoms with Gasteiger partial charge in [-0.15, -0.1) is 11.3 Å². The number of hydrogen-bond donors (Lipinski definition) is 1. The van der Waals surface area contributed by atoms with E-state index in [9.17, 15) is 8.42 Å². The van der Waals surface area contributed by atoms with Crippen molar-refractivity contribution in [3.05, 3.63) is 52.7 Å². The molecule has 0 saturated heterocycles. The van der Waals surface area contributed by atoms with Gasteiger partial charge in [0, 0.05) is 15.4 Å². The van der Waals surface area contributed by atoms with Crippen LogP contribution in [-0.4, -0.2) is 8.42 Å². The third-order valence-electron chi connectivity index (χ3n) is 2.90. The fraction of sp³-hybridized carbons (Fsp3) is 0.0769. The molecule has 0 radical (unpaired) electrons. The van der Waals surface area contributed by atoms with Crippen molar-refractivity contribution in [2.75, 3.05) is 0 Å². The fourth-order valence-electron chi connectivity index (χ4n) is 1.89. The first-order chi connectivity index (χ1) is 8.97. The maximum Gasteiger partial charge on any atom is 0.271 e. The van der Waals surface area contributed by atoms with E-state index in [1.807, 2.05) is 6.07 Å². The Morgan fingerprint density at radius 2 is 2.05 bits per heavy atom. The topological polar surface area (TPSA) is 46.2 Å². The van der Waals surface area contributed by atoms with Crippen molar-refractivity contribution in [3.63, 3.8) is 0 Å². The van der Waals surface area contributed by atoms with E-state index in [4.69, 9.17) is 11.6 Å². The van der Waals surface area contributed by atoms with Crippen LogP contribution in [0.1, 0.15) is 5.56 Å². The highest BCUT2D eigenvalue weighted by molar-refractivity contribution is 7.92. The molecule has 1 heterocycles. The number of thiophene rings is 1. The van der Waals surface area contributed by atoms with Crippen molar-refractivity contribution in [2.24, 2.45) is 0 Å². The van der Waals surface area contributed by atoms with E-state index in [0.29, 0.717) is 14.9 Å². The van der Waals surface area contributed by atoms with Crippen LogP contribution < -0.4 is 4.72 Å². The first-order valence-electron chi connectivity index (χ1n) is 5.57. The van der Waals surface area contributed by atoms with Gasteiger partial charge in [-0.2, -0.15) is 0 Å². The third kappa shape index (κ3) is 2.18. The van der Waals surface area contributed by atoms with Crippen LogP contribution in [-0.2, 0) is 10.0 Å². The Hall–Kier alpha value is -1.30. The van der Waals surface area contributed by atoms with Crippen LogP contribution in [0.2, 0.25) is 5.02 Å². The number of halogens is 1. The molecule has 0 bridgehead atoms. The number of fused-ring (bicyclic) bond motifs is 1. The van der Waals surface area contributed by atoms with Crippen molar-refractivity contribution in [3.8, 4) is 0 Å². The van der Waals surface area contributed by atoms with E-state index in [-0.39, 0.29) is 0 Å². The maximum atomic E-state index is 12.3. The molecule has 6 heteroatoms. The largest absolute Gasteiger partial charge is 0.279 e. The molecule has 0 unspecified atom stereocenters. The second-order valence-corrected chi connectivity index (χ2v) is 7.61.